The van der Waals surface area contributed by atoms with Gasteiger partial charge in [-0.05, 0) is 61.9 Å². The van der Waals surface area contributed by atoms with E-state index >= 15 is 0 Å². The number of hydrogen-bond acceptors (Lipinski definition) is 7. The van der Waals surface area contributed by atoms with E-state index in [1.54, 1.807) is 13.8 Å². The number of fused-ring (bicyclic) bond motifs is 2. The summed E-state index contributed by atoms with van der Waals surface area (Å²) in [6.07, 6.45) is -3.58. The second-order valence-corrected chi connectivity index (χ2v) is 9.86. The van der Waals surface area contributed by atoms with E-state index in [4.69, 9.17) is 14.9 Å². The van der Waals surface area contributed by atoms with Crippen LogP contribution in [0.5, 0.6) is 5.75 Å². The SMILES string of the molecule is CCOc1ccc(-c2nn(C(C)c3oc4cccc(F)c4c(=O)c3-c3cccc(F)c3)c3ncnc(N)c23)cc1C(F)(F)F. The monoisotopic (exact) mass is 607 g/mol. The van der Waals surface area contributed by atoms with Crippen molar-refractivity contribution in [3.8, 4) is 28.1 Å². The van der Waals surface area contributed by atoms with Crippen LogP contribution in [-0.2, 0) is 6.18 Å². The van der Waals surface area contributed by atoms with Crippen molar-refractivity contribution in [2.24, 2.45) is 0 Å². The van der Waals surface area contributed by atoms with Crippen molar-refractivity contribution in [2.75, 3.05) is 12.3 Å². The number of ether oxygens (including phenoxy) is 1. The molecule has 1 unspecified atom stereocenters. The van der Waals surface area contributed by atoms with Crippen molar-refractivity contribution in [1.29, 1.82) is 0 Å². The van der Waals surface area contributed by atoms with Crippen LogP contribution in [0.2, 0.25) is 0 Å². The van der Waals surface area contributed by atoms with E-state index in [0.29, 0.717) is 0 Å². The maximum atomic E-state index is 14.8. The van der Waals surface area contributed by atoms with Gasteiger partial charge in [-0.15, -0.1) is 0 Å². The Morgan fingerprint density at radius 3 is 2.50 bits per heavy atom. The summed E-state index contributed by atoms with van der Waals surface area (Å²) >= 11 is 0. The fourth-order valence-corrected chi connectivity index (χ4v) is 5.19. The predicted molar refractivity (Wildman–Crippen MR) is 153 cm³/mol. The van der Waals surface area contributed by atoms with Crippen molar-refractivity contribution >= 4 is 27.8 Å². The van der Waals surface area contributed by atoms with Crippen LogP contribution in [0.25, 0.3) is 44.4 Å². The van der Waals surface area contributed by atoms with Crippen molar-refractivity contribution in [3.63, 3.8) is 0 Å². The molecule has 6 aromatic rings. The zero-order valence-electron chi connectivity index (χ0n) is 23.1. The molecule has 0 aliphatic heterocycles. The molecule has 0 spiro atoms. The molecule has 8 nitrogen and oxygen atoms in total. The van der Waals surface area contributed by atoms with Gasteiger partial charge in [0.15, 0.2) is 5.65 Å². The molecule has 6 rings (SSSR count). The normalized spacial score (nSPS) is 12.6. The first-order valence-corrected chi connectivity index (χ1v) is 13.3. The first-order valence-electron chi connectivity index (χ1n) is 13.3. The highest BCUT2D eigenvalue weighted by Gasteiger charge is 2.35. The highest BCUT2D eigenvalue weighted by atomic mass is 19.4. The first-order chi connectivity index (χ1) is 21.0. The molecule has 1 atom stereocenters. The molecule has 0 saturated carbocycles. The van der Waals surface area contributed by atoms with Crippen LogP contribution < -0.4 is 15.9 Å². The molecule has 13 heteroatoms. The molecule has 0 aliphatic rings. The van der Waals surface area contributed by atoms with Crippen LogP contribution in [0.3, 0.4) is 0 Å². The Hall–Kier alpha value is -5.33. The summed E-state index contributed by atoms with van der Waals surface area (Å²) in [5, 5.41) is 4.42. The fraction of sp³-hybridized carbons (Fsp3) is 0.161. The lowest BCUT2D eigenvalue weighted by atomic mass is 9.99. The number of halogens is 5. The van der Waals surface area contributed by atoms with Gasteiger partial charge in [0.25, 0.3) is 0 Å². The van der Waals surface area contributed by atoms with Gasteiger partial charge in [-0.25, -0.2) is 23.4 Å². The number of alkyl halides is 3. The van der Waals surface area contributed by atoms with Gasteiger partial charge < -0.3 is 14.9 Å². The summed E-state index contributed by atoms with van der Waals surface area (Å²) in [6, 6.07) is 11.6. The second-order valence-electron chi connectivity index (χ2n) is 9.86. The molecule has 0 radical (unpaired) electrons. The predicted octanol–water partition coefficient (Wildman–Crippen LogP) is 7.15. The quantitative estimate of drug-likeness (QED) is 0.200. The Bertz CT molecular complexity index is 2120. The minimum Gasteiger partial charge on any atom is -0.493 e. The zero-order chi connectivity index (χ0) is 31.3. The van der Waals surface area contributed by atoms with Crippen molar-refractivity contribution in [1.82, 2.24) is 19.7 Å². The summed E-state index contributed by atoms with van der Waals surface area (Å²) in [7, 11) is 0. The van der Waals surface area contributed by atoms with Gasteiger partial charge in [-0.3, -0.25) is 4.79 Å². The van der Waals surface area contributed by atoms with Crippen LogP contribution in [0.1, 0.15) is 31.2 Å². The second kappa shape index (κ2) is 10.7. The minimum absolute atomic E-state index is 0.0190. The molecule has 3 heterocycles. The lowest BCUT2D eigenvalue weighted by molar-refractivity contribution is -0.138. The zero-order valence-corrected chi connectivity index (χ0v) is 23.1. The van der Waals surface area contributed by atoms with E-state index < -0.39 is 34.8 Å². The van der Waals surface area contributed by atoms with Crippen LogP contribution in [-0.4, -0.2) is 26.4 Å². The van der Waals surface area contributed by atoms with Gasteiger partial charge in [0.05, 0.1) is 23.1 Å². The number of anilines is 1. The lowest BCUT2D eigenvalue weighted by Gasteiger charge is -2.17. The third-order valence-corrected chi connectivity index (χ3v) is 7.13. The molecular formula is C31H22F5N5O3. The molecule has 224 valence electrons. The Morgan fingerprint density at radius 2 is 1.77 bits per heavy atom. The number of rotatable bonds is 6. The van der Waals surface area contributed by atoms with E-state index in [1.807, 2.05) is 0 Å². The Kier molecular flexibility index (Phi) is 7.02. The lowest BCUT2D eigenvalue weighted by Crippen LogP contribution is -2.17. The number of nitrogen functional groups attached to an aromatic ring is 1. The number of benzene rings is 3. The van der Waals surface area contributed by atoms with Crippen LogP contribution >= 0.6 is 0 Å². The molecule has 3 aromatic heterocycles. The minimum atomic E-state index is -4.74. The maximum absolute atomic E-state index is 14.8. The summed E-state index contributed by atoms with van der Waals surface area (Å²) in [6.45, 7) is 3.19. The Labute approximate surface area is 245 Å². The van der Waals surface area contributed by atoms with E-state index in [1.165, 1.54) is 47.1 Å². The van der Waals surface area contributed by atoms with Gasteiger partial charge >= 0.3 is 6.18 Å². The number of nitrogens with zero attached hydrogens (tertiary/aromatic N) is 4. The molecule has 3 aromatic carbocycles. The number of aromatic nitrogens is 4. The van der Waals surface area contributed by atoms with Crippen molar-refractivity contribution in [3.05, 3.63) is 100 Å². The average molecular weight is 608 g/mol. The van der Waals surface area contributed by atoms with Gasteiger partial charge in [0, 0.05) is 5.56 Å². The molecule has 0 aliphatic carbocycles. The standard InChI is InChI=1S/C31H22F5N5O3/c1-3-43-21-11-10-17(13-19(21)31(34,35)36)26-25-29(37)38-14-39-30(25)41(40-26)15(2)28-23(16-6-4-7-18(32)12-16)27(42)24-20(33)8-5-9-22(24)44-28/h4-15H,3H2,1-2H3,(H2,37,38,39). The Balaban J connectivity index is 1.62. The van der Waals surface area contributed by atoms with Crippen molar-refractivity contribution in [2.45, 2.75) is 26.1 Å². The summed E-state index contributed by atoms with van der Waals surface area (Å²) < 4.78 is 83.8. The molecule has 0 amide bonds. The molecule has 2 N–H and O–H groups in total. The van der Waals surface area contributed by atoms with E-state index in [2.05, 4.69) is 15.1 Å². The summed E-state index contributed by atoms with van der Waals surface area (Å²) in [5.74, 6) is -1.89. The number of nitrogens with two attached hydrogens (primary N) is 1. The third kappa shape index (κ3) is 4.79. The molecule has 0 bridgehead atoms. The van der Waals surface area contributed by atoms with Crippen LogP contribution in [0.4, 0.5) is 27.8 Å². The number of hydrogen-bond donors (Lipinski definition) is 1. The van der Waals surface area contributed by atoms with Gasteiger partial charge in [0.1, 0.15) is 58.0 Å². The largest absolute Gasteiger partial charge is 0.493 e. The maximum Gasteiger partial charge on any atom is 0.419 e. The molecule has 0 fully saturated rings. The summed E-state index contributed by atoms with van der Waals surface area (Å²) in [4.78, 5) is 22.1. The Morgan fingerprint density at radius 1 is 1.00 bits per heavy atom. The molecule has 44 heavy (non-hydrogen) atoms. The van der Waals surface area contributed by atoms with Gasteiger partial charge in [-0.1, -0.05) is 18.2 Å². The van der Waals surface area contributed by atoms with E-state index in [9.17, 15) is 26.7 Å². The van der Waals surface area contributed by atoms with Gasteiger partial charge in [-0.2, -0.15) is 18.3 Å². The van der Waals surface area contributed by atoms with Crippen LogP contribution in [0, 0.1) is 11.6 Å². The van der Waals surface area contributed by atoms with Crippen LogP contribution in [0.15, 0.2) is 76.2 Å². The highest BCUT2D eigenvalue weighted by molar-refractivity contribution is 5.98. The first kappa shape index (κ1) is 28.8. The summed E-state index contributed by atoms with van der Waals surface area (Å²) in [5.41, 5.74) is 4.56. The smallest absolute Gasteiger partial charge is 0.419 e. The van der Waals surface area contributed by atoms with E-state index in [0.717, 1.165) is 24.5 Å². The van der Waals surface area contributed by atoms with Gasteiger partial charge in [0.2, 0.25) is 5.43 Å². The van der Waals surface area contributed by atoms with E-state index in [-0.39, 0.29) is 68.3 Å². The molecular weight excluding hydrogens is 585 g/mol. The third-order valence-electron chi connectivity index (χ3n) is 7.13. The topological polar surface area (TPSA) is 109 Å². The fourth-order valence-electron chi connectivity index (χ4n) is 5.19. The molecule has 0 saturated heterocycles. The average Bonchev–Trinajstić information content (AvgIpc) is 3.37. The highest BCUT2D eigenvalue weighted by Crippen LogP contribution is 2.41. The van der Waals surface area contributed by atoms with Crippen molar-refractivity contribution < 1.29 is 31.1 Å².